The van der Waals surface area contributed by atoms with Crippen molar-refractivity contribution in [3.8, 4) is 6.07 Å². The van der Waals surface area contributed by atoms with Gasteiger partial charge in [0.15, 0.2) is 0 Å². The zero-order valence-electron chi connectivity index (χ0n) is 13.1. The van der Waals surface area contributed by atoms with E-state index in [9.17, 15) is 13.5 Å². The molecule has 124 valence electrons. The van der Waals surface area contributed by atoms with Crippen LogP contribution >= 0.6 is 0 Å². The molecule has 6 heteroatoms. The van der Waals surface area contributed by atoms with Gasteiger partial charge in [-0.05, 0) is 49.4 Å². The van der Waals surface area contributed by atoms with Crippen LogP contribution in [0.3, 0.4) is 0 Å². The van der Waals surface area contributed by atoms with E-state index in [0.717, 1.165) is 25.7 Å². The van der Waals surface area contributed by atoms with E-state index in [1.165, 1.54) is 35.0 Å². The Morgan fingerprint density at radius 3 is 2.39 bits per heavy atom. The highest BCUT2D eigenvalue weighted by Gasteiger charge is 2.43. The number of nitrogens with zero attached hydrogens (tertiary/aromatic N) is 2. The first kappa shape index (κ1) is 16.4. The SMILES string of the molecule is N#Cc1ccc(S(=O)(=O)N2C[C@@H](O)C[C@@H]2C2CCCCC2)cc1. The quantitative estimate of drug-likeness (QED) is 0.919. The van der Waals surface area contributed by atoms with Crippen LogP contribution in [-0.4, -0.2) is 36.5 Å². The Morgan fingerprint density at radius 1 is 1.13 bits per heavy atom. The molecule has 0 spiro atoms. The average molecular weight is 334 g/mol. The molecule has 1 heterocycles. The van der Waals surface area contributed by atoms with Crippen molar-refractivity contribution in [1.29, 1.82) is 5.26 Å². The van der Waals surface area contributed by atoms with E-state index in [1.54, 1.807) is 0 Å². The lowest BCUT2D eigenvalue weighted by Crippen LogP contribution is -2.40. The van der Waals surface area contributed by atoms with Crippen LogP contribution in [0.4, 0.5) is 0 Å². The van der Waals surface area contributed by atoms with Crippen LogP contribution in [0.15, 0.2) is 29.2 Å². The van der Waals surface area contributed by atoms with Crippen LogP contribution in [0, 0.1) is 17.2 Å². The van der Waals surface area contributed by atoms with Crippen molar-refractivity contribution in [1.82, 2.24) is 4.31 Å². The number of aliphatic hydroxyl groups is 1. The second-order valence-electron chi connectivity index (χ2n) is 6.57. The number of rotatable bonds is 3. The zero-order chi connectivity index (χ0) is 16.4. The zero-order valence-corrected chi connectivity index (χ0v) is 13.9. The maximum atomic E-state index is 13.0. The van der Waals surface area contributed by atoms with Crippen molar-refractivity contribution in [3.05, 3.63) is 29.8 Å². The Kier molecular flexibility index (Phi) is 4.72. The van der Waals surface area contributed by atoms with Gasteiger partial charge in [0.1, 0.15) is 0 Å². The van der Waals surface area contributed by atoms with Gasteiger partial charge in [-0.2, -0.15) is 9.57 Å². The molecule has 1 aromatic rings. The van der Waals surface area contributed by atoms with Gasteiger partial charge < -0.3 is 5.11 Å². The predicted molar refractivity (Wildman–Crippen MR) is 86.0 cm³/mol. The third-order valence-electron chi connectivity index (χ3n) is 5.06. The number of β-amino-alcohol motifs (C(OH)–C–C–N with tert-alkyl or cyclic N) is 1. The molecular formula is C17H22N2O3S. The van der Waals surface area contributed by atoms with E-state index in [2.05, 4.69) is 0 Å². The van der Waals surface area contributed by atoms with Crippen LogP contribution in [0.25, 0.3) is 0 Å². The normalized spacial score (nSPS) is 27.0. The van der Waals surface area contributed by atoms with Crippen LogP contribution in [0.5, 0.6) is 0 Å². The second-order valence-corrected chi connectivity index (χ2v) is 8.46. The third kappa shape index (κ3) is 3.27. The van der Waals surface area contributed by atoms with Crippen LogP contribution in [-0.2, 0) is 10.0 Å². The highest BCUT2D eigenvalue weighted by Crippen LogP contribution is 2.37. The molecule has 0 unspecified atom stereocenters. The molecule has 3 rings (SSSR count). The van der Waals surface area contributed by atoms with Gasteiger partial charge in [0.2, 0.25) is 10.0 Å². The Morgan fingerprint density at radius 2 is 1.78 bits per heavy atom. The summed E-state index contributed by atoms with van der Waals surface area (Å²) >= 11 is 0. The van der Waals surface area contributed by atoms with Crippen LogP contribution < -0.4 is 0 Å². The molecule has 2 aliphatic rings. The van der Waals surface area contributed by atoms with Crippen LogP contribution in [0.2, 0.25) is 0 Å². The molecule has 0 radical (unpaired) electrons. The van der Waals surface area contributed by atoms with Crippen molar-refractivity contribution in [3.63, 3.8) is 0 Å². The maximum absolute atomic E-state index is 13.0. The standard InChI is InChI=1S/C17H22N2O3S/c18-11-13-6-8-16(9-7-13)23(21,22)19-12-15(20)10-17(19)14-4-2-1-3-5-14/h6-9,14-15,17,20H,1-5,10,12H2/t15-,17+/m0/s1. The number of aliphatic hydroxyl groups excluding tert-OH is 1. The molecule has 2 fully saturated rings. The van der Waals surface area contributed by atoms with Crippen molar-refractivity contribution in [2.75, 3.05) is 6.54 Å². The van der Waals surface area contributed by atoms with Gasteiger partial charge in [-0.15, -0.1) is 0 Å². The summed E-state index contributed by atoms with van der Waals surface area (Å²) in [5.41, 5.74) is 0.439. The van der Waals surface area contributed by atoms with Crippen molar-refractivity contribution < 1.29 is 13.5 Å². The lowest BCUT2D eigenvalue weighted by molar-refractivity contribution is 0.185. The molecule has 0 aromatic heterocycles. The summed E-state index contributed by atoms with van der Waals surface area (Å²) in [7, 11) is -3.63. The lowest BCUT2D eigenvalue weighted by atomic mass is 9.83. The fraction of sp³-hybridized carbons (Fsp3) is 0.588. The topological polar surface area (TPSA) is 81.4 Å². The average Bonchev–Trinajstić information content (AvgIpc) is 2.98. The highest BCUT2D eigenvalue weighted by atomic mass is 32.2. The van der Waals surface area contributed by atoms with E-state index in [-0.39, 0.29) is 17.5 Å². The number of sulfonamides is 1. The lowest BCUT2D eigenvalue weighted by Gasteiger charge is -2.33. The minimum Gasteiger partial charge on any atom is -0.392 e. The van der Waals surface area contributed by atoms with Gasteiger partial charge in [-0.3, -0.25) is 0 Å². The first-order valence-electron chi connectivity index (χ1n) is 8.22. The minimum absolute atomic E-state index is 0.106. The summed E-state index contributed by atoms with van der Waals surface area (Å²) in [6, 6.07) is 7.90. The fourth-order valence-corrected chi connectivity index (χ4v) is 5.61. The molecule has 1 saturated carbocycles. The van der Waals surface area contributed by atoms with Gasteiger partial charge in [-0.25, -0.2) is 8.42 Å². The summed E-state index contributed by atoms with van der Waals surface area (Å²) < 4.78 is 27.4. The monoisotopic (exact) mass is 334 g/mol. The fourth-order valence-electron chi connectivity index (χ4n) is 3.87. The third-order valence-corrected chi connectivity index (χ3v) is 6.96. The summed E-state index contributed by atoms with van der Waals surface area (Å²) in [6.07, 6.45) is 5.52. The molecule has 0 amide bonds. The largest absolute Gasteiger partial charge is 0.392 e. The van der Waals surface area contributed by atoms with Gasteiger partial charge in [0.05, 0.1) is 22.6 Å². The van der Waals surface area contributed by atoms with E-state index < -0.39 is 16.1 Å². The Bertz CT molecular complexity index is 688. The van der Waals surface area contributed by atoms with Gasteiger partial charge >= 0.3 is 0 Å². The highest BCUT2D eigenvalue weighted by molar-refractivity contribution is 7.89. The predicted octanol–water partition coefficient (Wildman–Crippen LogP) is 2.26. The molecule has 2 atom stereocenters. The molecule has 0 bridgehead atoms. The van der Waals surface area contributed by atoms with Crippen molar-refractivity contribution >= 4 is 10.0 Å². The molecule has 1 saturated heterocycles. The van der Waals surface area contributed by atoms with Crippen molar-refractivity contribution in [2.45, 2.75) is 55.6 Å². The Hall–Kier alpha value is -1.42. The first-order chi connectivity index (χ1) is 11.0. The van der Waals surface area contributed by atoms with E-state index in [1.807, 2.05) is 6.07 Å². The van der Waals surface area contributed by atoms with Crippen LogP contribution in [0.1, 0.15) is 44.1 Å². The summed E-state index contributed by atoms with van der Waals surface area (Å²) in [5, 5.41) is 18.9. The molecule has 1 aliphatic heterocycles. The summed E-state index contributed by atoms with van der Waals surface area (Å²) in [5.74, 6) is 0.342. The maximum Gasteiger partial charge on any atom is 0.243 e. The molecule has 1 aromatic carbocycles. The summed E-state index contributed by atoms with van der Waals surface area (Å²) in [6.45, 7) is 0.170. The number of benzene rings is 1. The molecule has 23 heavy (non-hydrogen) atoms. The molecular weight excluding hydrogens is 312 g/mol. The Labute approximate surface area is 137 Å². The van der Waals surface area contributed by atoms with E-state index in [0.29, 0.717) is 17.9 Å². The number of nitriles is 1. The summed E-state index contributed by atoms with van der Waals surface area (Å²) in [4.78, 5) is 0.200. The van der Waals surface area contributed by atoms with Gasteiger partial charge in [-0.1, -0.05) is 19.3 Å². The smallest absolute Gasteiger partial charge is 0.243 e. The van der Waals surface area contributed by atoms with Gasteiger partial charge in [0.25, 0.3) is 0 Å². The first-order valence-corrected chi connectivity index (χ1v) is 9.66. The van der Waals surface area contributed by atoms with Crippen molar-refractivity contribution in [2.24, 2.45) is 5.92 Å². The molecule has 1 N–H and O–H groups in total. The Balaban J connectivity index is 1.88. The van der Waals surface area contributed by atoms with Gasteiger partial charge in [0, 0.05) is 12.6 Å². The number of hydrogen-bond acceptors (Lipinski definition) is 4. The second kappa shape index (κ2) is 6.60. The molecule has 1 aliphatic carbocycles. The van der Waals surface area contributed by atoms with E-state index in [4.69, 9.17) is 5.26 Å². The van der Waals surface area contributed by atoms with E-state index >= 15 is 0 Å². The molecule has 5 nitrogen and oxygen atoms in total. The minimum atomic E-state index is -3.63. The number of hydrogen-bond donors (Lipinski definition) is 1.